The van der Waals surface area contributed by atoms with Gasteiger partial charge < -0.3 is 9.47 Å². The summed E-state index contributed by atoms with van der Waals surface area (Å²) >= 11 is 0. The summed E-state index contributed by atoms with van der Waals surface area (Å²) in [5.74, 6) is 6.59. The van der Waals surface area contributed by atoms with Gasteiger partial charge in [-0.15, -0.1) is 0 Å². The summed E-state index contributed by atoms with van der Waals surface area (Å²) in [5.41, 5.74) is 0.708. The second-order valence-corrected chi connectivity index (χ2v) is 5.88. The van der Waals surface area contributed by atoms with Crippen molar-refractivity contribution in [2.24, 2.45) is 5.92 Å². The van der Waals surface area contributed by atoms with Crippen molar-refractivity contribution in [1.82, 2.24) is 0 Å². The molecule has 0 aliphatic carbocycles. The molecule has 3 rings (SSSR count). The van der Waals surface area contributed by atoms with Gasteiger partial charge in [-0.25, -0.2) is 4.79 Å². The van der Waals surface area contributed by atoms with Crippen molar-refractivity contribution in [2.75, 3.05) is 0 Å². The zero-order valence-electron chi connectivity index (χ0n) is 13.7. The van der Waals surface area contributed by atoms with E-state index in [1.165, 1.54) is 0 Å². The number of ether oxygens (including phenoxy) is 2. The van der Waals surface area contributed by atoms with Crippen LogP contribution in [0.5, 0.6) is 0 Å². The molecule has 0 radical (unpaired) electrons. The Kier molecular flexibility index (Phi) is 4.39. The molecule has 1 heterocycles. The molecule has 1 fully saturated rings. The van der Waals surface area contributed by atoms with Crippen LogP contribution in [0.15, 0.2) is 66.4 Å². The van der Waals surface area contributed by atoms with E-state index in [1.54, 1.807) is 0 Å². The molecule has 24 heavy (non-hydrogen) atoms. The lowest BCUT2D eigenvalue weighted by Gasteiger charge is -2.24. The third-order valence-electron chi connectivity index (χ3n) is 3.88. The molecule has 1 saturated heterocycles. The number of carbonyl (C=O) groups excluding carboxylic acids is 1. The molecule has 0 unspecified atom stereocenters. The molecule has 0 aromatic heterocycles. The fourth-order valence-electron chi connectivity index (χ4n) is 2.53. The lowest BCUT2D eigenvalue weighted by molar-refractivity contribution is 0.0724. The van der Waals surface area contributed by atoms with Crippen LogP contribution >= 0.6 is 0 Å². The average molecular weight is 318 g/mol. The Labute approximate surface area is 141 Å². The molecular weight excluding hydrogens is 300 g/mol. The SMILES string of the molecule is CC(C)[C@@]1(C#Cc2ccccc2)OC(=O)O/C1=C\c1ccccc1. The normalized spacial score (nSPS) is 21.1. The second-order valence-electron chi connectivity index (χ2n) is 5.88. The zero-order valence-corrected chi connectivity index (χ0v) is 13.7. The van der Waals surface area contributed by atoms with Crippen molar-refractivity contribution in [2.45, 2.75) is 19.4 Å². The Bertz CT molecular complexity index is 810. The van der Waals surface area contributed by atoms with E-state index in [2.05, 4.69) is 11.8 Å². The Morgan fingerprint density at radius 2 is 1.62 bits per heavy atom. The van der Waals surface area contributed by atoms with Gasteiger partial charge in [0.15, 0.2) is 5.76 Å². The highest BCUT2D eigenvalue weighted by Gasteiger charge is 2.49. The maximum Gasteiger partial charge on any atom is 0.515 e. The predicted octanol–water partition coefficient (Wildman–Crippen LogP) is 4.64. The van der Waals surface area contributed by atoms with E-state index in [1.807, 2.05) is 80.6 Å². The van der Waals surface area contributed by atoms with Gasteiger partial charge in [0.05, 0.1) is 0 Å². The Balaban J connectivity index is 2.05. The van der Waals surface area contributed by atoms with Gasteiger partial charge in [0.25, 0.3) is 0 Å². The first-order valence-corrected chi connectivity index (χ1v) is 7.86. The van der Waals surface area contributed by atoms with Crippen LogP contribution in [-0.4, -0.2) is 11.8 Å². The first-order valence-electron chi connectivity index (χ1n) is 7.86. The Morgan fingerprint density at radius 3 is 2.25 bits per heavy atom. The van der Waals surface area contributed by atoms with E-state index in [4.69, 9.17) is 9.47 Å². The molecule has 120 valence electrons. The van der Waals surface area contributed by atoms with Crippen LogP contribution < -0.4 is 0 Å². The largest absolute Gasteiger partial charge is 0.515 e. The van der Waals surface area contributed by atoms with Crippen molar-refractivity contribution >= 4 is 12.2 Å². The first kappa shape index (κ1) is 15.9. The van der Waals surface area contributed by atoms with Gasteiger partial charge in [-0.05, 0) is 29.7 Å². The van der Waals surface area contributed by atoms with E-state index < -0.39 is 11.8 Å². The molecule has 0 saturated carbocycles. The number of benzene rings is 2. The van der Waals surface area contributed by atoms with Crippen LogP contribution in [0.1, 0.15) is 25.0 Å². The predicted molar refractivity (Wildman–Crippen MR) is 92.9 cm³/mol. The average Bonchev–Trinajstić information content (AvgIpc) is 2.91. The summed E-state index contributed by atoms with van der Waals surface area (Å²) in [6.07, 6.45) is 1.10. The molecule has 0 amide bonds. The smallest absolute Gasteiger partial charge is 0.406 e. The van der Waals surface area contributed by atoms with Gasteiger partial charge in [0.1, 0.15) is 0 Å². The van der Waals surface area contributed by atoms with Gasteiger partial charge >= 0.3 is 6.16 Å². The minimum atomic E-state index is -1.08. The summed E-state index contributed by atoms with van der Waals surface area (Å²) in [4.78, 5) is 11.8. The first-order chi connectivity index (χ1) is 11.6. The molecule has 2 aromatic carbocycles. The molecule has 0 N–H and O–H groups in total. The van der Waals surface area contributed by atoms with E-state index in [0.717, 1.165) is 11.1 Å². The molecule has 2 aromatic rings. The maximum absolute atomic E-state index is 11.8. The monoisotopic (exact) mass is 318 g/mol. The minimum absolute atomic E-state index is 0.0601. The van der Waals surface area contributed by atoms with Crippen LogP contribution in [0.25, 0.3) is 6.08 Å². The highest BCUT2D eigenvalue weighted by molar-refractivity contribution is 5.72. The zero-order chi connectivity index (χ0) is 17.0. The lowest BCUT2D eigenvalue weighted by Crippen LogP contribution is -2.35. The molecule has 3 heteroatoms. The third kappa shape index (κ3) is 3.18. The number of rotatable bonds is 2. The van der Waals surface area contributed by atoms with Crippen molar-refractivity contribution in [3.63, 3.8) is 0 Å². The van der Waals surface area contributed by atoms with Crippen LogP contribution in [0.3, 0.4) is 0 Å². The van der Waals surface area contributed by atoms with Crippen molar-refractivity contribution in [3.8, 4) is 11.8 Å². The summed E-state index contributed by atoms with van der Waals surface area (Å²) in [6, 6.07) is 19.3. The fraction of sp³-hybridized carbons (Fsp3) is 0.190. The number of hydrogen-bond acceptors (Lipinski definition) is 3. The second kappa shape index (κ2) is 6.64. The quantitative estimate of drug-likeness (QED) is 0.598. The highest BCUT2D eigenvalue weighted by Crippen LogP contribution is 2.38. The molecule has 1 atom stereocenters. The molecule has 1 aliphatic rings. The summed E-state index contributed by atoms with van der Waals surface area (Å²) in [5, 5.41) is 0. The molecule has 0 bridgehead atoms. The standard InChI is InChI=1S/C21H18O3/c1-16(2)21(14-13-17-9-5-3-6-10-17)19(23-20(22)24-21)15-18-11-7-4-8-12-18/h3-12,15-16H,1-2H3/b19-15-/t21-/m1/s1. The number of carbonyl (C=O) groups is 1. The Morgan fingerprint density at radius 1 is 1.00 bits per heavy atom. The van der Waals surface area contributed by atoms with E-state index in [0.29, 0.717) is 5.76 Å². The summed E-state index contributed by atoms with van der Waals surface area (Å²) in [7, 11) is 0. The van der Waals surface area contributed by atoms with E-state index >= 15 is 0 Å². The van der Waals surface area contributed by atoms with Gasteiger partial charge in [-0.2, -0.15) is 0 Å². The van der Waals surface area contributed by atoms with Crippen molar-refractivity contribution < 1.29 is 14.3 Å². The van der Waals surface area contributed by atoms with Gasteiger partial charge in [0, 0.05) is 11.5 Å². The summed E-state index contributed by atoms with van der Waals surface area (Å²) in [6.45, 7) is 3.92. The Hall–Kier alpha value is -2.99. The third-order valence-corrected chi connectivity index (χ3v) is 3.88. The molecular formula is C21H18O3. The highest BCUT2D eigenvalue weighted by atomic mass is 16.8. The minimum Gasteiger partial charge on any atom is -0.406 e. The maximum atomic E-state index is 11.8. The van der Waals surface area contributed by atoms with Crippen molar-refractivity contribution in [1.29, 1.82) is 0 Å². The van der Waals surface area contributed by atoms with E-state index in [9.17, 15) is 4.79 Å². The fourth-order valence-corrected chi connectivity index (χ4v) is 2.53. The van der Waals surface area contributed by atoms with Crippen LogP contribution in [0.2, 0.25) is 0 Å². The summed E-state index contributed by atoms with van der Waals surface area (Å²) < 4.78 is 10.8. The van der Waals surface area contributed by atoms with Gasteiger partial charge in [-0.1, -0.05) is 68.3 Å². The van der Waals surface area contributed by atoms with Gasteiger partial charge in [0.2, 0.25) is 5.60 Å². The molecule has 3 nitrogen and oxygen atoms in total. The lowest BCUT2D eigenvalue weighted by atomic mass is 9.87. The van der Waals surface area contributed by atoms with Crippen molar-refractivity contribution in [3.05, 3.63) is 77.5 Å². The van der Waals surface area contributed by atoms with Gasteiger partial charge in [-0.3, -0.25) is 0 Å². The molecule has 0 spiro atoms. The number of cyclic esters (lactones) is 2. The van der Waals surface area contributed by atoms with Crippen LogP contribution in [0, 0.1) is 17.8 Å². The van der Waals surface area contributed by atoms with Crippen LogP contribution in [0.4, 0.5) is 4.79 Å². The number of hydrogen-bond donors (Lipinski definition) is 0. The van der Waals surface area contributed by atoms with Crippen LogP contribution in [-0.2, 0) is 9.47 Å². The topological polar surface area (TPSA) is 35.5 Å². The molecule has 1 aliphatic heterocycles. The van der Waals surface area contributed by atoms with E-state index in [-0.39, 0.29) is 5.92 Å².